The topological polar surface area (TPSA) is 58.6 Å². The van der Waals surface area contributed by atoms with Crippen LogP contribution in [0.2, 0.25) is 0 Å². The second kappa shape index (κ2) is 6.85. The van der Waals surface area contributed by atoms with Gasteiger partial charge in [-0.25, -0.2) is 4.39 Å². The maximum absolute atomic E-state index is 13.4. The van der Waals surface area contributed by atoms with E-state index in [9.17, 15) is 9.18 Å². The average molecular weight is 241 g/mol. The van der Waals surface area contributed by atoms with Crippen LogP contribution in [0.1, 0.15) is 23.7 Å². The summed E-state index contributed by atoms with van der Waals surface area (Å²) in [5, 5.41) is 11.1. The highest BCUT2D eigenvalue weighted by Crippen LogP contribution is 2.18. The second-order valence-corrected chi connectivity index (χ2v) is 3.41. The van der Waals surface area contributed by atoms with Crippen LogP contribution in [0.4, 0.5) is 4.39 Å². The molecule has 1 aromatic carbocycles. The Balaban J connectivity index is 2.65. The number of aliphatic hydroxyl groups excluding tert-OH is 1. The molecule has 0 aliphatic rings. The van der Waals surface area contributed by atoms with E-state index in [0.717, 1.165) is 6.07 Å². The van der Waals surface area contributed by atoms with E-state index in [1.165, 1.54) is 12.1 Å². The molecule has 4 nitrogen and oxygen atoms in total. The van der Waals surface area contributed by atoms with E-state index in [1.54, 1.807) is 6.92 Å². The first-order valence-electron chi connectivity index (χ1n) is 5.50. The standard InChI is InChI=1S/C12H16FNO3/c1-2-17-11-5-4-9(8-10(11)13)12(16)14-6-3-7-15/h4-5,8,15H,2-3,6-7H2,1H3,(H,14,16). The number of carbonyl (C=O) groups is 1. The van der Waals surface area contributed by atoms with Gasteiger partial charge >= 0.3 is 0 Å². The molecular formula is C12H16FNO3. The monoisotopic (exact) mass is 241 g/mol. The van der Waals surface area contributed by atoms with Crippen LogP contribution in [0, 0.1) is 5.82 Å². The van der Waals surface area contributed by atoms with Crippen LogP contribution in [-0.2, 0) is 0 Å². The third kappa shape index (κ3) is 4.03. The molecule has 1 aromatic rings. The molecule has 2 N–H and O–H groups in total. The number of carbonyl (C=O) groups excluding carboxylic acids is 1. The number of benzene rings is 1. The number of amides is 1. The summed E-state index contributed by atoms with van der Waals surface area (Å²) in [4.78, 5) is 11.5. The summed E-state index contributed by atoms with van der Waals surface area (Å²) >= 11 is 0. The molecule has 0 fully saturated rings. The molecule has 0 unspecified atom stereocenters. The highest BCUT2D eigenvalue weighted by atomic mass is 19.1. The molecule has 94 valence electrons. The van der Waals surface area contributed by atoms with Gasteiger partial charge in [-0.3, -0.25) is 4.79 Å². The van der Waals surface area contributed by atoms with E-state index in [-0.39, 0.29) is 23.8 Å². The van der Waals surface area contributed by atoms with E-state index >= 15 is 0 Å². The molecule has 0 radical (unpaired) electrons. The predicted molar refractivity (Wildman–Crippen MR) is 61.6 cm³/mol. The van der Waals surface area contributed by atoms with Gasteiger partial charge in [0, 0.05) is 18.7 Å². The summed E-state index contributed by atoms with van der Waals surface area (Å²) in [6, 6.07) is 4.07. The van der Waals surface area contributed by atoms with Gasteiger partial charge in [-0.2, -0.15) is 0 Å². The van der Waals surface area contributed by atoms with Crippen molar-refractivity contribution in [3.05, 3.63) is 29.6 Å². The fourth-order valence-electron chi connectivity index (χ4n) is 1.30. The van der Waals surface area contributed by atoms with Crippen molar-refractivity contribution in [2.24, 2.45) is 0 Å². The molecule has 17 heavy (non-hydrogen) atoms. The first-order valence-corrected chi connectivity index (χ1v) is 5.50. The number of halogens is 1. The first-order chi connectivity index (χ1) is 8.19. The summed E-state index contributed by atoms with van der Waals surface area (Å²) in [6.45, 7) is 2.51. The molecule has 0 aliphatic heterocycles. The van der Waals surface area contributed by atoms with Crippen molar-refractivity contribution in [2.45, 2.75) is 13.3 Å². The van der Waals surface area contributed by atoms with Crippen molar-refractivity contribution >= 4 is 5.91 Å². The summed E-state index contributed by atoms with van der Waals surface area (Å²) in [5.74, 6) is -0.776. The lowest BCUT2D eigenvalue weighted by molar-refractivity contribution is 0.0950. The fraction of sp³-hybridized carbons (Fsp3) is 0.417. The minimum absolute atomic E-state index is 0.0118. The van der Waals surface area contributed by atoms with Crippen LogP contribution in [0.25, 0.3) is 0 Å². The molecule has 5 heteroatoms. The van der Waals surface area contributed by atoms with Gasteiger partial charge in [0.15, 0.2) is 11.6 Å². The Labute approximate surface area is 99.4 Å². The Hall–Kier alpha value is -1.62. The number of hydrogen-bond acceptors (Lipinski definition) is 3. The minimum Gasteiger partial charge on any atom is -0.491 e. The number of ether oxygens (including phenoxy) is 1. The van der Waals surface area contributed by atoms with Crippen molar-refractivity contribution in [3.63, 3.8) is 0 Å². The molecule has 0 spiro atoms. The van der Waals surface area contributed by atoms with Gasteiger partial charge in [-0.15, -0.1) is 0 Å². The number of hydrogen-bond donors (Lipinski definition) is 2. The lowest BCUT2D eigenvalue weighted by atomic mass is 10.2. The van der Waals surface area contributed by atoms with Crippen LogP contribution in [0.3, 0.4) is 0 Å². The van der Waals surface area contributed by atoms with Crippen molar-refractivity contribution in [1.29, 1.82) is 0 Å². The zero-order valence-corrected chi connectivity index (χ0v) is 9.70. The Bertz CT molecular complexity index is 382. The zero-order chi connectivity index (χ0) is 12.7. The van der Waals surface area contributed by atoms with Crippen LogP contribution >= 0.6 is 0 Å². The summed E-state index contributed by atoms with van der Waals surface area (Å²) in [6.07, 6.45) is 0.477. The third-order valence-corrected chi connectivity index (χ3v) is 2.11. The number of rotatable bonds is 6. The molecule has 0 saturated heterocycles. The van der Waals surface area contributed by atoms with E-state index in [2.05, 4.69) is 5.32 Å². The van der Waals surface area contributed by atoms with Crippen molar-refractivity contribution in [2.75, 3.05) is 19.8 Å². The van der Waals surface area contributed by atoms with Crippen molar-refractivity contribution in [1.82, 2.24) is 5.32 Å². The van der Waals surface area contributed by atoms with Gasteiger partial charge in [-0.05, 0) is 31.5 Å². The highest BCUT2D eigenvalue weighted by molar-refractivity contribution is 5.94. The van der Waals surface area contributed by atoms with Crippen LogP contribution in [0.15, 0.2) is 18.2 Å². The summed E-state index contributed by atoms with van der Waals surface area (Å²) in [7, 11) is 0. The van der Waals surface area contributed by atoms with Gasteiger partial charge < -0.3 is 15.2 Å². The number of aliphatic hydroxyl groups is 1. The van der Waals surface area contributed by atoms with Crippen LogP contribution < -0.4 is 10.1 Å². The van der Waals surface area contributed by atoms with Crippen molar-refractivity contribution < 1.29 is 19.0 Å². The third-order valence-electron chi connectivity index (χ3n) is 2.11. The van der Waals surface area contributed by atoms with Gasteiger partial charge in [-0.1, -0.05) is 0 Å². The van der Waals surface area contributed by atoms with E-state index in [1.807, 2.05) is 0 Å². The average Bonchev–Trinajstić information content (AvgIpc) is 2.32. The van der Waals surface area contributed by atoms with Crippen molar-refractivity contribution in [3.8, 4) is 5.75 Å². The Kier molecular flexibility index (Phi) is 5.42. The second-order valence-electron chi connectivity index (χ2n) is 3.41. The maximum Gasteiger partial charge on any atom is 0.251 e. The number of nitrogens with one attached hydrogen (secondary N) is 1. The molecule has 0 aliphatic carbocycles. The molecule has 0 atom stereocenters. The molecular weight excluding hydrogens is 225 g/mol. The molecule has 0 aromatic heterocycles. The van der Waals surface area contributed by atoms with E-state index in [0.29, 0.717) is 19.6 Å². The Morgan fingerprint density at radius 3 is 2.88 bits per heavy atom. The van der Waals surface area contributed by atoms with Gasteiger partial charge in [0.05, 0.1) is 6.61 Å². The smallest absolute Gasteiger partial charge is 0.251 e. The SMILES string of the molecule is CCOc1ccc(C(=O)NCCCO)cc1F. The lowest BCUT2D eigenvalue weighted by Gasteiger charge is -2.07. The zero-order valence-electron chi connectivity index (χ0n) is 9.70. The van der Waals surface area contributed by atoms with Crippen LogP contribution in [-0.4, -0.2) is 30.8 Å². The van der Waals surface area contributed by atoms with Crippen LogP contribution in [0.5, 0.6) is 5.75 Å². The molecule has 0 heterocycles. The first kappa shape index (κ1) is 13.4. The maximum atomic E-state index is 13.4. The van der Waals surface area contributed by atoms with Gasteiger partial charge in [0.2, 0.25) is 0 Å². The fourth-order valence-corrected chi connectivity index (χ4v) is 1.30. The summed E-state index contributed by atoms with van der Waals surface area (Å²) < 4.78 is 18.5. The quantitative estimate of drug-likeness (QED) is 0.739. The minimum atomic E-state index is -0.554. The normalized spacial score (nSPS) is 10.1. The molecule has 1 rings (SSSR count). The van der Waals surface area contributed by atoms with E-state index < -0.39 is 5.82 Å². The van der Waals surface area contributed by atoms with Gasteiger partial charge in [0.25, 0.3) is 5.91 Å². The largest absolute Gasteiger partial charge is 0.491 e. The molecule has 0 saturated carbocycles. The Morgan fingerprint density at radius 1 is 1.53 bits per heavy atom. The highest BCUT2D eigenvalue weighted by Gasteiger charge is 2.09. The predicted octanol–water partition coefficient (Wildman–Crippen LogP) is 1.34. The Morgan fingerprint density at radius 2 is 2.29 bits per heavy atom. The summed E-state index contributed by atoms with van der Waals surface area (Å²) in [5.41, 5.74) is 0.240. The molecule has 1 amide bonds. The van der Waals surface area contributed by atoms with Gasteiger partial charge in [0.1, 0.15) is 0 Å². The van der Waals surface area contributed by atoms with E-state index in [4.69, 9.17) is 9.84 Å². The lowest BCUT2D eigenvalue weighted by Crippen LogP contribution is -2.25. The molecule has 0 bridgehead atoms.